The highest BCUT2D eigenvalue weighted by molar-refractivity contribution is 5.96. The van der Waals surface area contributed by atoms with Gasteiger partial charge in [0.2, 0.25) is 0 Å². The zero-order chi connectivity index (χ0) is 18.3. The predicted molar refractivity (Wildman–Crippen MR) is 107 cm³/mol. The molecular formula is C23H26N2O. The first-order valence-electron chi connectivity index (χ1n) is 9.53. The molecule has 1 saturated heterocycles. The number of carbonyl (C=O) groups excluding carboxylic acids is 1. The normalized spacial score (nSPS) is 17.2. The summed E-state index contributed by atoms with van der Waals surface area (Å²) in [6, 6.07) is 14.6. The van der Waals surface area contributed by atoms with Crippen LogP contribution in [0.3, 0.4) is 0 Å². The van der Waals surface area contributed by atoms with Crippen LogP contribution in [-0.4, -0.2) is 28.5 Å². The Morgan fingerprint density at radius 1 is 1.12 bits per heavy atom. The Kier molecular flexibility index (Phi) is 4.31. The van der Waals surface area contributed by atoms with Crippen molar-refractivity contribution in [3.63, 3.8) is 0 Å². The molecule has 1 atom stereocenters. The van der Waals surface area contributed by atoms with Crippen LogP contribution in [0.1, 0.15) is 46.3 Å². The second-order valence-electron chi connectivity index (χ2n) is 7.37. The summed E-state index contributed by atoms with van der Waals surface area (Å²) in [5, 5.41) is 1.33. The second kappa shape index (κ2) is 6.64. The third-order valence-corrected chi connectivity index (χ3v) is 5.91. The number of para-hydroxylation sites is 1. The molecule has 1 aliphatic heterocycles. The number of benzene rings is 2. The average molecular weight is 346 g/mol. The molecule has 2 aromatic carbocycles. The number of hydrogen-bond acceptors (Lipinski definition) is 1. The number of nitrogens with zero attached hydrogens (tertiary/aromatic N) is 2. The number of likely N-dealkylation sites (tertiary alicyclic amines) is 1. The Morgan fingerprint density at radius 3 is 2.73 bits per heavy atom. The zero-order valence-corrected chi connectivity index (χ0v) is 15.8. The molecule has 0 N–H and O–H groups in total. The lowest BCUT2D eigenvalue weighted by molar-refractivity contribution is 0.0790. The first kappa shape index (κ1) is 16.9. The van der Waals surface area contributed by atoms with Crippen LogP contribution in [-0.2, 0) is 6.54 Å². The predicted octanol–water partition coefficient (Wildman–Crippen LogP) is 4.91. The SMILES string of the molecule is CCn1cc(C2CCN(C(=O)c3cccc(C)c3C)C2)c2ccccc21. The molecular weight excluding hydrogens is 320 g/mol. The lowest BCUT2D eigenvalue weighted by atomic mass is 9.98. The highest BCUT2D eigenvalue weighted by Gasteiger charge is 2.30. The monoisotopic (exact) mass is 346 g/mol. The van der Waals surface area contributed by atoms with Gasteiger partial charge in [-0.2, -0.15) is 0 Å². The van der Waals surface area contributed by atoms with Crippen LogP contribution in [0, 0.1) is 13.8 Å². The van der Waals surface area contributed by atoms with E-state index in [4.69, 9.17) is 0 Å². The molecule has 4 rings (SSSR count). The average Bonchev–Trinajstić information content (AvgIpc) is 3.28. The Labute approximate surface area is 155 Å². The Bertz CT molecular complexity index is 969. The number of aromatic nitrogens is 1. The number of aryl methyl sites for hydroxylation is 2. The molecule has 3 aromatic rings. The molecule has 0 radical (unpaired) electrons. The summed E-state index contributed by atoms with van der Waals surface area (Å²) in [5.74, 6) is 0.592. The molecule has 2 heterocycles. The van der Waals surface area contributed by atoms with Crippen LogP contribution >= 0.6 is 0 Å². The number of amides is 1. The number of fused-ring (bicyclic) bond motifs is 1. The highest BCUT2D eigenvalue weighted by Crippen LogP contribution is 2.34. The molecule has 1 aliphatic rings. The van der Waals surface area contributed by atoms with Crippen molar-refractivity contribution in [2.75, 3.05) is 13.1 Å². The minimum absolute atomic E-state index is 0.174. The fourth-order valence-corrected chi connectivity index (χ4v) is 4.21. The fraction of sp³-hybridized carbons (Fsp3) is 0.348. The van der Waals surface area contributed by atoms with Crippen molar-refractivity contribution in [2.45, 2.75) is 39.7 Å². The minimum atomic E-state index is 0.174. The van der Waals surface area contributed by atoms with Crippen LogP contribution in [0.4, 0.5) is 0 Å². The molecule has 3 nitrogen and oxygen atoms in total. The van der Waals surface area contributed by atoms with Gasteiger partial charge in [0.05, 0.1) is 0 Å². The molecule has 0 saturated carbocycles. The summed E-state index contributed by atoms with van der Waals surface area (Å²) in [4.78, 5) is 15.1. The largest absolute Gasteiger partial charge is 0.347 e. The van der Waals surface area contributed by atoms with Gasteiger partial charge >= 0.3 is 0 Å². The molecule has 0 aliphatic carbocycles. The van der Waals surface area contributed by atoms with Gasteiger partial charge < -0.3 is 9.47 Å². The van der Waals surface area contributed by atoms with Gasteiger partial charge in [-0.3, -0.25) is 4.79 Å². The van der Waals surface area contributed by atoms with Crippen molar-refractivity contribution in [3.8, 4) is 0 Å². The molecule has 1 amide bonds. The maximum absolute atomic E-state index is 13.0. The lowest BCUT2D eigenvalue weighted by Crippen LogP contribution is -2.29. The van der Waals surface area contributed by atoms with Gasteiger partial charge in [0.1, 0.15) is 0 Å². The number of hydrogen-bond donors (Lipinski definition) is 0. The van der Waals surface area contributed by atoms with E-state index in [1.807, 2.05) is 24.0 Å². The van der Waals surface area contributed by atoms with Crippen molar-refractivity contribution < 1.29 is 4.79 Å². The highest BCUT2D eigenvalue weighted by atomic mass is 16.2. The van der Waals surface area contributed by atoms with E-state index in [1.54, 1.807) is 0 Å². The summed E-state index contributed by atoms with van der Waals surface area (Å²) in [6.45, 7) is 8.91. The third kappa shape index (κ3) is 2.72. The van der Waals surface area contributed by atoms with Gasteiger partial charge in [0.25, 0.3) is 5.91 Å². The van der Waals surface area contributed by atoms with Crippen molar-refractivity contribution in [2.24, 2.45) is 0 Å². The molecule has 1 fully saturated rings. The quantitative estimate of drug-likeness (QED) is 0.661. The van der Waals surface area contributed by atoms with Crippen molar-refractivity contribution in [1.29, 1.82) is 0 Å². The van der Waals surface area contributed by atoms with Crippen molar-refractivity contribution in [1.82, 2.24) is 9.47 Å². The molecule has 0 bridgehead atoms. The molecule has 134 valence electrons. The molecule has 1 aromatic heterocycles. The lowest BCUT2D eigenvalue weighted by Gasteiger charge is -2.18. The Morgan fingerprint density at radius 2 is 1.92 bits per heavy atom. The summed E-state index contributed by atoms with van der Waals surface area (Å²) in [6.07, 6.45) is 3.33. The van der Waals surface area contributed by atoms with Crippen LogP contribution in [0.5, 0.6) is 0 Å². The Balaban J connectivity index is 1.61. The molecule has 1 unspecified atom stereocenters. The van der Waals surface area contributed by atoms with Gasteiger partial charge in [-0.05, 0) is 56.0 Å². The maximum atomic E-state index is 13.0. The minimum Gasteiger partial charge on any atom is -0.347 e. The van der Waals surface area contributed by atoms with Crippen LogP contribution in [0.2, 0.25) is 0 Å². The van der Waals surface area contributed by atoms with E-state index in [-0.39, 0.29) is 5.91 Å². The number of carbonyl (C=O) groups is 1. The van der Waals surface area contributed by atoms with Gasteiger partial charge in [-0.1, -0.05) is 30.3 Å². The van der Waals surface area contributed by atoms with Gasteiger partial charge in [0, 0.05) is 48.2 Å². The summed E-state index contributed by atoms with van der Waals surface area (Å²) >= 11 is 0. The smallest absolute Gasteiger partial charge is 0.254 e. The third-order valence-electron chi connectivity index (χ3n) is 5.91. The second-order valence-corrected chi connectivity index (χ2v) is 7.37. The first-order chi connectivity index (χ1) is 12.6. The van der Waals surface area contributed by atoms with Crippen LogP contribution < -0.4 is 0 Å². The van der Waals surface area contributed by atoms with Crippen molar-refractivity contribution in [3.05, 3.63) is 70.9 Å². The summed E-state index contributed by atoms with van der Waals surface area (Å²) in [7, 11) is 0. The van der Waals surface area contributed by atoms with Crippen LogP contribution in [0.25, 0.3) is 10.9 Å². The van der Waals surface area contributed by atoms with Gasteiger partial charge in [0.15, 0.2) is 0 Å². The van der Waals surface area contributed by atoms with E-state index in [9.17, 15) is 4.79 Å². The van der Waals surface area contributed by atoms with E-state index in [2.05, 4.69) is 54.9 Å². The van der Waals surface area contributed by atoms with E-state index < -0.39 is 0 Å². The maximum Gasteiger partial charge on any atom is 0.254 e. The topological polar surface area (TPSA) is 25.2 Å². The molecule has 26 heavy (non-hydrogen) atoms. The molecule has 3 heteroatoms. The van der Waals surface area contributed by atoms with Crippen molar-refractivity contribution >= 4 is 16.8 Å². The molecule has 0 spiro atoms. The summed E-state index contributed by atoms with van der Waals surface area (Å²) in [5.41, 5.74) is 5.81. The van der Waals surface area contributed by atoms with Gasteiger partial charge in [-0.25, -0.2) is 0 Å². The first-order valence-corrected chi connectivity index (χ1v) is 9.53. The zero-order valence-electron chi connectivity index (χ0n) is 15.8. The van der Waals surface area contributed by atoms with E-state index in [1.165, 1.54) is 22.0 Å². The van der Waals surface area contributed by atoms with E-state index in [0.717, 1.165) is 37.2 Å². The summed E-state index contributed by atoms with van der Waals surface area (Å²) < 4.78 is 2.32. The van der Waals surface area contributed by atoms with Gasteiger partial charge in [-0.15, -0.1) is 0 Å². The van der Waals surface area contributed by atoms with Crippen LogP contribution in [0.15, 0.2) is 48.7 Å². The van der Waals surface area contributed by atoms with E-state index >= 15 is 0 Å². The fourth-order valence-electron chi connectivity index (χ4n) is 4.21. The number of rotatable bonds is 3. The standard InChI is InChI=1S/C23H26N2O/c1-4-24-15-21(20-9-5-6-11-22(20)24)18-12-13-25(14-18)23(26)19-10-7-8-16(2)17(19)3/h5-11,15,18H,4,12-14H2,1-3H3. The van der Waals surface area contributed by atoms with E-state index in [0.29, 0.717) is 5.92 Å². The Hall–Kier alpha value is -2.55.